The summed E-state index contributed by atoms with van der Waals surface area (Å²) in [6.07, 6.45) is 3.85. The molecule has 0 unspecified atom stereocenters. The highest BCUT2D eigenvalue weighted by Gasteiger charge is 2.31. The molecule has 2 rings (SSSR count). The van der Waals surface area contributed by atoms with Crippen LogP contribution < -0.4 is 0 Å². The highest BCUT2D eigenvalue weighted by molar-refractivity contribution is 7.99. The van der Waals surface area contributed by atoms with Crippen LogP contribution in [0.1, 0.15) is 43.5 Å². The number of nitrogens with zero attached hydrogens (tertiary/aromatic N) is 1. The molecule has 5 heteroatoms. The maximum Gasteiger partial charge on any atom is 0.223 e. The van der Waals surface area contributed by atoms with Gasteiger partial charge in [0, 0.05) is 34.3 Å². The van der Waals surface area contributed by atoms with Gasteiger partial charge in [0.1, 0.15) is 5.37 Å². The minimum Gasteiger partial charge on any atom is -0.326 e. The van der Waals surface area contributed by atoms with Gasteiger partial charge in [-0.25, -0.2) is 0 Å². The molecule has 0 aromatic heterocycles. The van der Waals surface area contributed by atoms with E-state index in [2.05, 4.69) is 6.92 Å². The Morgan fingerprint density at radius 1 is 1.40 bits per heavy atom. The number of hydrogen-bond donors (Lipinski definition) is 0. The molecule has 110 valence electrons. The number of carbonyl (C=O) groups is 1. The second-order valence-corrected chi connectivity index (χ2v) is 6.96. The average Bonchev–Trinajstić information content (AvgIpc) is 2.88. The van der Waals surface area contributed by atoms with E-state index in [1.54, 1.807) is 17.8 Å². The van der Waals surface area contributed by atoms with Crippen LogP contribution in [0, 0.1) is 0 Å². The highest BCUT2D eigenvalue weighted by atomic mass is 35.5. The lowest BCUT2D eigenvalue weighted by molar-refractivity contribution is -0.131. The van der Waals surface area contributed by atoms with Crippen molar-refractivity contribution in [3.8, 4) is 0 Å². The molecule has 0 N–H and O–H groups in total. The predicted molar refractivity (Wildman–Crippen MR) is 87.5 cm³/mol. The zero-order valence-electron chi connectivity index (χ0n) is 11.6. The summed E-state index contributed by atoms with van der Waals surface area (Å²) >= 11 is 14.0. The number of halogens is 2. The van der Waals surface area contributed by atoms with Crippen LogP contribution in [-0.4, -0.2) is 23.1 Å². The van der Waals surface area contributed by atoms with Crippen molar-refractivity contribution in [3.63, 3.8) is 0 Å². The number of hydrogen-bond acceptors (Lipinski definition) is 2. The number of amides is 1. The second kappa shape index (κ2) is 7.58. The van der Waals surface area contributed by atoms with Gasteiger partial charge in [-0.1, -0.05) is 49.0 Å². The van der Waals surface area contributed by atoms with E-state index in [0.29, 0.717) is 16.5 Å². The van der Waals surface area contributed by atoms with Gasteiger partial charge in [0.2, 0.25) is 5.91 Å². The van der Waals surface area contributed by atoms with Crippen LogP contribution in [0.15, 0.2) is 18.2 Å². The first-order valence-electron chi connectivity index (χ1n) is 6.99. The van der Waals surface area contributed by atoms with Crippen LogP contribution in [0.2, 0.25) is 10.0 Å². The largest absolute Gasteiger partial charge is 0.326 e. The molecule has 1 aromatic carbocycles. The van der Waals surface area contributed by atoms with Gasteiger partial charge in [0.05, 0.1) is 0 Å². The SMILES string of the molecule is CCCCCC(=O)N1CCS[C@@H]1c1ccc(Cl)cc1Cl. The number of benzene rings is 1. The molecule has 0 aliphatic carbocycles. The summed E-state index contributed by atoms with van der Waals surface area (Å²) in [6, 6.07) is 5.51. The van der Waals surface area contributed by atoms with E-state index >= 15 is 0 Å². The van der Waals surface area contributed by atoms with Crippen LogP contribution in [0.25, 0.3) is 0 Å². The molecule has 1 aliphatic heterocycles. The topological polar surface area (TPSA) is 20.3 Å². The van der Waals surface area contributed by atoms with Gasteiger partial charge >= 0.3 is 0 Å². The summed E-state index contributed by atoms with van der Waals surface area (Å²) in [5.74, 6) is 1.20. The zero-order chi connectivity index (χ0) is 14.5. The molecular weight excluding hydrogens is 313 g/mol. The van der Waals surface area contributed by atoms with E-state index < -0.39 is 0 Å². The van der Waals surface area contributed by atoms with E-state index in [4.69, 9.17) is 23.2 Å². The summed E-state index contributed by atoms with van der Waals surface area (Å²) < 4.78 is 0. The summed E-state index contributed by atoms with van der Waals surface area (Å²) in [5, 5.41) is 1.31. The van der Waals surface area contributed by atoms with Gasteiger partial charge in [-0.3, -0.25) is 4.79 Å². The van der Waals surface area contributed by atoms with Gasteiger partial charge < -0.3 is 4.90 Å². The van der Waals surface area contributed by atoms with E-state index in [1.165, 1.54) is 0 Å². The van der Waals surface area contributed by atoms with Gasteiger partial charge in [0.25, 0.3) is 0 Å². The average molecular weight is 332 g/mol. The Hall–Kier alpha value is -0.380. The Bertz CT molecular complexity index is 481. The molecule has 1 aromatic rings. The highest BCUT2D eigenvalue weighted by Crippen LogP contribution is 2.41. The summed E-state index contributed by atoms with van der Waals surface area (Å²) in [7, 11) is 0. The van der Waals surface area contributed by atoms with Crippen molar-refractivity contribution in [1.29, 1.82) is 0 Å². The fourth-order valence-corrected chi connectivity index (χ4v) is 4.24. The van der Waals surface area contributed by atoms with E-state index in [-0.39, 0.29) is 11.3 Å². The fraction of sp³-hybridized carbons (Fsp3) is 0.533. The standard InChI is InChI=1S/C15H19Cl2NOS/c1-2-3-4-5-14(19)18-8-9-20-15(18)12-7-6-11(16)10-13(12)17/h6-7,10,15H,2-5,8-9H2,1H3/t15-/m1/s1. The molecule has 1 atom stereocenters. The third kappa shape index (κ3) is 3.84. The van der Waals surface area contributed by atoms with Gasteiger partial charge in [-0.15, -0.1) is 11.8 Å². The fourth-order valence-electron chi connectivity index (χ4n) is 2.35. The maximum atomic E-state index is 12.3. The van der Waals surface area contributed by atoms with Crippen molar-refractivity contribution in [2.45, 2.75) is 38.0 Å². The number of unbranched alkanes of at least 4 members (excludes halogenated alkanes) is 2. The Morgan fingerprint density at radius 3 is 2.90 bits per heavy atom. The Labute approximate surface area is 134 Å². The molecule has 0 saturated carbocycles. The molecular formula is C15H19Cl2NOS. The van der Waals surface area contributed by atoms with Gasteiger partial charge in [-0.2, -0.15) is 0 Å². The van der Waals surface area contributed by atoms with E-state index in [9.17, 15) is 4.79 Å². The van der Waals surface area contributed by atoms with Crippen LogP contribution in [0.4, 0.5) is 0 Å². The smallest absolute Gasteiger partial charge is 0.223 e. The molecule has 1 amide bonds. The first-order valence-corrected chi connectivity index (χ1v) is 8.80. The first kappa shape index (κ1) is 16.0. The predicted octanol–water partition coefficient (Wildman–Crippen LogP) is 5.15. The number of rotatable bonds is 5. The van der Waals surface area contributed by atoms with Crippen LogP contribution in [-0.2, 0) is 4.79 Å². The van der Waals surface area contributed by atoms with Crippen molar-refractivity contribution >= 4 is 40.9 Å². The number of thioether (sulfide) groups is 1. The molecule has 20 heavy (non-hydrogen) atoms. The Balaban J connectivity index is 2.08. The first-order chi connectivity index (χ1) is 9.63. The van der Waals surface area contributed by atoms with Gasteiger partial charge in [-0.05, 0) is 18.6 Å². The summed E-state index contributed by atoms with van der Waals surface area (Å²) in [6.45, 7) is 2.95. The van der Waals surface area contributed by atoms with Gasteiger partial charge in [0.15, 0.2) is 0 Å². The van der Waals surface area contributed by atoms with Crippen molar-refractivity contribution in [3.05, 3.63) is 33.8 Å². The number of carbonyl (C=O) groups excluding carboxylic acids is 1. The second-order valence-electron chi connectivity index (χ2n) is 4.93. The van der Waals surface area contributed by atoms with Crippen molar-refractivity contribution in [2.24, 2.45) is 0 Å². The third-order valence-corrected chi connectivity index (χ3v) is 5.24. The summed E-state index contributed by atoms with van der Waals surface area (Å²) in [5.41, 5.74) is 0.988. The van der Waals surface area contributed by atoms with Crippen molar-refractivity contribution < 1.29 is 4.79 Å². The molecule has 0 bridgehead atoms. The van der Waals surface area contributed by atoms with Crippen molar-refractivity contribution in [2.75, 3.05) is 12.3 Å². The Morgan fingerprint density at radius 2 is 2.20 bits per heavy atom. The quantitative estimate of drug-likeness (QED) is 0.695. The lowest BCUT2D eigenvalue weighted by Crippen LogP contribution is -2.30. The molecule has 1 heterocycles. The normalized spacial score (nSPS) is 18.6. The zero-order valence-corrected chi connectivity index (χ0v) is 13.9. The summed E-state index contributed by atoms with van der Waals surface area (Å²) in [4.78, 5) is 14.3. The Kier molecular flexibility index (Phi) is 6.06. The van der Waals surface area contributed by atoms with E-state index in [0.717, 1.165) is 37.1 Å². The molecule has 2 nitrogen and oxygen atoms in total. The van der Waals surface area contributed by atoms with Crippen LogP contribution >= 0.6 is 35.0 Å². The lowest BCUT2D eigenvalue weighted by Gasteiger charge is -2.25. The monoisotopic (exact) mass is 331 g/mol. The van der Waals surface area contributed by atoms with Crippen LogP contribution in [0.5, 0.6) is 0 Å². The maximum absolute atomic E-state index is 12.3. The third-order valence-electron chi connectivity index (χ3n) is 3.43. The van der Waals surface area contributed by atoms with Crippen molar-refractivity contribution in [1.82, 2.24) is 4.90 Å². The van der Waals surface area contributed by atoms with E-state index in [1.807, 2.05) is 17.0 Å². The molecule has 0 radical (unpaired) electrons. The molecule has 1 saturated heterocycles. The molecule has 0 spiro atoms. The minimum atomic E-state index is 0.0360. The lowest BCUT2D eigenvalue weighted by atomic mass is 10.1. The molecule has 1 fully saturated rings. The minimum absolute atomic E-state index is 0.0360. The molecule has 1 aliphatic rings. The van der Waals surface area contributed by atoms with Crippen LogP contribution in [0.3, 0.4) is 0 Å².